The Kier molecular flexibility index (Phi) is 7.28. The van der Waals surface area contributed by atoms with Gasteiger partial charge in [-0.3, -0.25) is 0 Å². The zero-order valence-corrected chi connectivity index (χ0v) is 19.1. The third-order valence-electron chi connectivity index (χ3n) is 6.51. The van der Waals surface area contributed by atoms with E-state index in [1.807, 2.05) is 36.4 Å². The van der Waals surface area contributed by atoms with Gasteiger partial charge in [-0.25, -0.2) is 4.39 Å². The van der Waals surface area contributed by atoms with Crippen LogP contribution in [0.5, 0.6) is 5.75 Å². The highest BCUT2D eigenvalue weighted by Crippen LogP contribution is 2.37. The summed E-state index contributed by atoms with van der Waals surface area (Å²) in [4.78, 5) is 0. The Morgan fingerprint density at radius 2 is 1.56 bits per heavy atom. The van der Waals surface area contributed by atoms with Gasteiger partial charge >= 0.3 is 0 Å². The van der Waals surface area contributed by atoms with Crippen molar-refractivity contribution in [3.8, 4) is 17.6 Å². The van der Waals surface area contributed by atoms with Crippen molar-refractivity contribution in [1.29, 1.82) is 0 Å². The Hall–Kier alpha value is -3.05. The monoisotopic (exact) mass is 426 g/mol. The van der Waals surface area contributed by atoms with Crippen molar-refractivity contribution < 1.29 is 9.13 Å². The molecule has 0 amide bonds. The summed E-state index contributed by atoms with van der Waals surface area (Å²) in [6, 6.07) is 20.2. The van der Waals surface area contributed by atoms with Gasteiger partial charge in [-0.05, 0) is 80.0 Å². The Bertz CT molecular complexity index is 1090. The second-order valence-corrected chi connectivity index (χ2v) is 8.80. The van der Waals surface area contributed by atoms with Crippen molar-refractivity contribution in [2.45, 2.75) is 57.8 Å². The van der Waals surface area contributed by atoms with E-state index >= 15 is 4.39 Å². The molecule has 1 nitrogen and oxygen atoms in total. The molecular formula is C30H31FO. The van der Waals surface area contributed by atoms with Crippen LogP contribution in [0, 0.1) is 24.6 Å². The molecule has 4 rings (SSSR count). The molecule has 164 valence electrons. The van der Waals surface area contributed by atoms with Crippen LogP contribution in [0.4, 0.5) is 4.39 Å². The van der Waals surface area contributed by atoms with Crippen LogP contribution in [0.3, 0.4) is 0 Å². The fraction of sp³-hybridized carbons (Fsp3) is 0.333. The molecule has 3 aromatic carbocycles. The molecule has 1 fully saturated rings. The number of aryl methyl sites for hydroxylation is 3. The topological polar surface area (TPSA) is 9.23 Å². The number of methoxy groups -OCH3 is 1. The van der Waals surface area contributed by atoms with Crippen molar-refractivity contribution in [3.05, 3.63) is 99.9 Å². The normalized spacial score (nSPS) is 14.0. The molecule has 0 N–H and O–H groups in total. The quantitative estimate of drug-likeness (QED) is 0.387. The van der Waals surface area contributed by atoms with Gasteiger partial charge in [0.25, 0.3) is 0 Å². The van der Waals surface area contributed by atoms with Gasteiger partial charge < -0.3 is 4.74 Å². The number of hydrogen-bond acceptors (Lipinski definition) is 1. The average Bonchev–Trinajstić information content (AvgIpc) is 2.84. The van der Waals surface area contributed by atoms with E-state index in [4.69, 9.17) is 4.74 Å². The first-order chi connectivity index (χ1) is 15.6. The summed E-state index contributed by atoms with van der Waals surface area (Å²) in [7, 11) is 1.65. The molecule has 1 aliphatic carbocycles. The summed E-state index contributed by atoms with van der Waals surface area (Å²) < 4.78 is 21.0. The summed E-state index contributed by atoms with van der Waals surface area (Å²) in [5.41, 5.74) is 5.89. The summed E-state index contributed by atoms with van der Waals surface area (Å²) in [6.07, 6.45) is 7.24. The Labute approximate surface area is 191 Å². The maximum absolute atomic E-state index is 15.8. The van der Waals surface area contributed by atoms with E-state index in [1.165, 1.54) is 30.4 Å². The van der Waals surface area contributed by atoms with E-state index < -0.39 is 0 Å². The first kappa shape index (κ1) is 22.2. The van der Waals surface area contributed by atoms with E-state index in [2.05, 4.69) is 43.0 Å². The van der Waals surface area contributed by atoms with Gasteiger partial charge in [0.2, 0.25) is 0 Å². The standard InChI is InChI=1S/C30H31FO/c1-22-8-10-23(11-9-22)13-17-27-19-18-26(16-12-24-14-20-28(32-2)21-15-24)29(30(27)31)25-6-4-3-5-7-25/h8-11,14-15,18-21,25H,3-7,13,17H2,1-2H3. The van der Waals surface area contributed by atoms with Crippen LogP contribution in [0.1, 0.15) is 71.4 Å². The van der Waals surface area contributed by atoms with E-state index in [-0.39, 0.29) is 11.7 Å². The molecule has 0 radical (unpaired) electrons. The summed E-state index contributed by atoms with van der Waals surface area (Å²) in [6.45, 7) is 2.09. The fourth-order valence-corrected chi connectivity index (χ4v) is 4.58. The van der Waals surface area contributed by atoms with Gasteiger partial charge in [-0.15, -0.1) is 0 Å². The highest BCUT2D eigenvalue weighted by atomic mass is 19.1. The lowest BCUT2D eigenvalue weighted by Gasteiger charge is -2.24. The predicted octanol–water partition coefficient (Wildman–Crippen LogP) is 7.38. The maximum Gasteiger partial charge on any atom is 0.131 e. The van der Waals surface area contributed by atoms with Crippen LogP contribution in [-0.4, -0.2) is 7.11 Å². The third-order valence-corrected chi connectivity index (χ3v) is 6.51. The largest absolute Gasteiger partial charge is 0.497 e. The first-order valence-corrected chi connectivity index (χ1v) is 11.7. The van der Waals surface area contributed by atoms with Crippen LogP contribution < -0.4 is 4.74 Å². The van der Waals surface area contributed by atoms with Gasteiger partial charge in [-0.2, -0.15) is 0 Å². The second kappa shape index (κ2) is 10.5. The van der Waals surface area contributed by atoms with Gasteiger partial charge in [0, 0.05) is 16.7 Å². The average molecular weight is 427 g/mol. The fourth-order valence-electron chi connectivity index (χ4n) is 4.58. The van der Waals surface area contributed by atoms with E-state index in [0.29, 0.717) is 6.42 Å². The molecule has 0 unspecified atom stereocenters. The molecule has 1 aliphatic rings. The zero-order valence-electron chi connectivity index (χ0n) is 19.1. The summed E-state index contributed by atoms with van der Waals surface area (Å²) >= 11 is 0. The van der Waals surface area contributed by atoms with Gasteiger partial charge in [0.1, 0.15) is 11.6 Å². The zero-order chi connectivity index (χ0) is 22.3. The maximum atomic E-state index is 15.8. The van der Waals surface area contributed by atoms with Crippen LogP contribution in [-0.2, 0) is 12.8 Å². The number of rotatable bonds is 5. The lowest BCUT2D eigenvalue weighted by Crippen LogP contribution is -2.11. The molecule has 0 aromatic heterocycles. The van der Waals surface area contributed by atoms with E-state index in [1.54, 1.807) is 7.11 Å². The van der Waals surface area contributed by atoms with Crippen molar-refractivity contribution in [2.24, 2.45) is 0 Å². The molecule has 0 heterocycles. The smallest absolute Gasteiger partial charge is 0.131 e. The number of halogens is 1. The van der Waals surface area contributed by atoms with Crippen LogP contribution in [0.2, 0.25) is 0 Å². The minimum Gasteiger partial charge on any atom is -0.497 e. The lowest BCUT2D eigenvalue weighted by atomic mass is 9.80. The van der Waals surface area contributed by atoms with Crippen LogP contribution in [0.25, 0.3) is 0 Å². The molecular weight excluding hydrogens is 395 g/mol. The molecule has 0 bridgehead atoms. The lowest BCUT2D eigenvalue weighted by molar-refractivity contribution is 0.415. The second-order valence-electron chi connectivity index (χ2n) is 8.80. The van der Waals surface area contributed by atoms with Crippen molar-refractivity contribution in [2.75, 3.05) is 7.11 Å². The molecule has 32 heavy (non-hydrogen) atoms. The summed E-state index contributed by atoms with van der Waals surface area (Å²) in [5.74, 6) is 7.55. The molecule has 0 aliphatic heterocycles. The molecule has 0 atom stereocenters. The van der Waals surface area contributed by atoms with Crippen LogP contribution >= 0.6 is 0 Å². The van der Waals surface area contributed by atoms with Crippen LogP contribution in [0.15, 0.2) is 60.7 Å². The molecule has 3 aromatic rings. The molecule has 1 saturated carbocycles. The Balaban J connectivity index is 1.62. The predicted molar refractivity (Wildman–Crippen MR) is 130 cm³/mol. The molecule has 0 spiro atoms. The van der Waals surface area contributed by atoms with Gasteiger partial charge in [-0.1, -0.05) is 67.0 Å². The number of benzene rings is 3. The van der Waals surface area contributed by atoms with Crippen molar-refractivity contribution in [3.63, 3.8) is 0 Å². The van der Waals surface area contributed by atoms with Gasteiger partial charge in [0.05, 0.1) is 7.11 Å². The third kappa shape index (κ3) is 5.40. The first-order valence-electron chi connectivity index (χ1n) is 11.7. The molecule has 0 saturated heterocycles. The molecule has 2 heteroatoms. The Morgan fingerprint density at radius 1 is 0.844 bits per heavy atom. The number of hydrogen-bond donors (Lipinski definition) is 0. The van der Waals surface area contributed by atoms with E-state index in [9.17, 15) is 0 Å². The highest BCUT2D eigenvalue weighted by Gasteiger charge is 2.23. The summed E-state index contributed by atoms with van der Waals surface area (Å²) in [5, 5.41) is 0. The van der Waals surface area contributed by atoms with Gasteiger partial charge in [0.15, 0.2) is 0 Å². The SMILES string of the molecule is COc1ccc(C#Cc2ccc(CCc3ccc(C)cc3)c(F)c2C2CCCCC2)cc1. The highest BCUT2D eigenvalue weighted by molar-refractivity contribution is 5.50. The van der Waals surface area contributed by atoms with Crippen molar-refractivity contribution in [1.82, 2.24) is 0 Å². The number of ether oxygens (including phenoxy) is 1. The Morgan fingerprint density at radius 3 is 2.25 bits per heavy atom. The minimum absolute atomic E-state index is 0.0365. The van der Waals surface area contributed by atoms with Crippen molar-refractivity contribution >= 4 is 0 Å². The van der Waals surface area contributed by atoms with E-state index in [0.717, 1.165) is 47.3 Å². The minimum atomic E-state index is -0.0365.